The highest BCUT2D eigenvalue weighted by Crippen LogP contribution is 2.23. The molecule has 0 aliphatic heterocycles. The number of hydrogen-bond donors (Lipinski definition) is 0. The minimum absolute atomic E-state index is 1.13. The first kappa shape index (κ1) is 5.93. The van der Waals surface area contributed by atoms with Crippen LogP contribution in [-0.4, -0.2) is 0 Å². The summed E-state index contributed by atoms with van der Waals surface area (Å²) in [5.74, 6) is 0. The molecule has 1 radical (unpaired) electrons. The molecular formula is C9H7S. The Kier molecular flexibility index (Phi) is 1.24. The number of rotatable bonds is 0. The average molecular weight is 147 g/mol. The smallest absolute Gasteiger partial charge is 0.0374 e. The maximum absolute atomic E-state index is 3.93. The molecule has 49 valence electrons. The highest BCUT2D eigenvalue weighted by Gasteiger charge is 1.94. The third kappa shape index (κ3) is 0.745. The van der Waals surface area contributed by atoms with Crippen LogP contribution >= 0.6 is 11.3 Å². The molecule has 0 atom stereocenters. The first-order valence-electron chi connectivity index (χ1n) is 3.16. The van der Waals surface area contributed by atoms with Crippen LogP contribution in [0.25, 0.3) is 10.1 Å². The molecule has 0 saturated carbocycles. The SMILES string of the molecule is [CH2]c1cccc2ccsc12. The molecule has 0 N–H and O–H groups in total. The zero-order valence-corrected chi connectivity index (χ0v) is 6.32. The van der Waals surface area contributed by atoms with Crippen molar-refractivity contribution in [2.45, 2.75) is 0 Å². The standard InChI is InChI=1S/C9H7S/c1-7-3-2-4-8-5-6-10-9(7)8/h2-6H,1H2. The summed E-state index contributed by atoms with van der Waals surface area (Å²) in [5, 5.41) is 3.40. The van der Waals surface area contributed by atoms with E-state index in [9.17, 15) is 0 Å². The first-order chi connectivity index (χ1) is 4.88. The van der Waals surface area contributed by atoms with Crippen molar-refractivity contribution in [3.63, 3.8) is 0 Å². The first-order valence-corrected chi connectivity index (χ1v) is 4.04. The fourth-order valence-electron chi connectivity index (χ4n) is 1.06. The second-order valence-electron chi connectivity index (χ2n) is 2.26. The molecule has 0 saturated heterocycles. The van der Waals surface area contributed by atoms with Crippen LogP contribution < -0.4 is 0 Å². The predicted octanol–water partition coefficient (Wildman–Crippen LogP) is 3.08. The molecule has 0 fully saturated rings. The molecule has 1 heterocycles. The van der Waals surface area contributed by atoms with Gasteiger partial charge in [-0.1, -0.05) is 18.2 Å². The minimum Gasteiger partial charge on any atom is -0.144 e. The molecule has 0 nitrogen and oxygen atoms in total. The van der Waals surface area contributed by atoms with Gasteiger partial charge in [0.15, 0.2) is 0 Å². The molecule has 2 aromatic rings. The van der Waals surface area contributed by atoms with E-state index in [-0.39, 0.29) is 0 Å². The number of hydrogen-bond acceptors (Lipinski definition) is 1. The van der Waals surface area contributed by atoms with Crippen molar-refractivity contribution in [2.75, 3.05) is 0 Å². The summed E-state index contributed by atoms with van der Waals surface area (Å²) in [7, 11) is 0. The van der Waals surface area contributed by atoms with Crippen molar-refractivity contribution in [3.8, 4) is 0 Å². The molecule has 0 amide bonds. The van der Waals surface area contributed by atoms with E-state index < -0.39 is 0 Å². The van der Waals surface area contributed by atoms with E-state index in [1.165, 1.54) is 10.1 Å². The Morgan fingerprint density at radius 3 is 2.90 bits per heavy atom. The van der Waals surface area contributed by atoms with Crippen molar-refractivity contribution < 1.29 is 0 Å². The minimum atomic E-state index is 1.13. The van der Waals surface area contributed by atoms with Gasteiger partial charge in [-0.25, -0.2) is 0 Å². The number of benzene rings is 1. The van der Waals surface area contributed by atoms with Gasteiger partial charge in [0.05, 0.1) is 0 Å². The van der Waals surface area contributed by atoms with Gasteiger partial charge in [-0.05, 0) is 29.3 Å². The molecule has 0 aliphatic carbocycles. The lowest BCUT2D eigenvalue weighted by atomic mass is 10.2. The molecule has 2 rings (SSSR count). The quantitative estimate of drug-likeness (QED) is 0.537. The molecule has 0 bridgehead atoms. The molecule has 1 aromatic heterocycles. The maximum atomic E-state index is 3.93. The Hall–Kier alpha value is -0.820. The van der Waals surface area contributed by atoms with E-state index in [1.807, 2.05) is 12.1 Å². The molecule has 1 heteroatoms. The number of thiophene rings is 1. The number of fused-ring (bicyclic) bond motifs is 1. The Morgan fingerprint density at radius 1 is 1.20 bits per heavy atom. The largest absolute Gasteiger partial charge is 0.144 e. The van der Waals surface area contributed by atoms with E-state index in [4.69, 9.17) is 0 Å². The summed E-state index contributed by atoms with van der Waals surface area (Å²) >= 11 is 1.75. The van der Waals surface area contributed by atoms with Crippen molar-refractivity contribution in [2.24, 2.45) is 0 Å². The average Bonchev–Trinajstić information content (AvgIpc) is 2.36. The Morgan fingerprint density at radius 2 is 2.10 bits per heavy atom. The lowest BCUT2D eigenvalue weighted by molar-refractivity contribution is 1.74. The van der Waals surface area contributed by atoms with Gasteiger partial charge in [-0.2, -0.15) is 0 Å². The third-order valence-corrected chi connectivity index (χ3v) is 2.57. The van der Waals surface area contributed by atoms with Crippen molar-refractivity contribution in [3.05, 3.63) is 42.1 Å². The van der Waals surface area contributed by atoms with Crippen molar-refractivity contribution in [1.82, 2.24) is 0 Å². The highest BCUT2D eigenvalue weighted by atomic mass is 32.1. The summed E-state index contributed by atoms with van der Waals surface area (Å²) in [5.41, 5.74) is 1.13. The summed E-state index contributed by atoms with van der Waals surface area (Å²) in [6.45, 7) is 3.93. The maximum Gasteiger partial charge on any atom is 0.0374 e. The van der Waals surface area contributed by atoms with Crippen molar-refractivity contribution in [1.29, 1.82) is 0 Å². The van der Waals surface area contributed by atoms with Gasteiger partial charge >= 0.3 is 0 Å². The van der Waals surface area contributed by atoms with E-state index >= 15 is 0 Å². The zero-order chi connectivity index (χ0) is 6.97. The van der Waals surface area contributed by atoms with Gasteiger partial charge in [0.1, 0.15) is 0 Å². The van der Waals surface area contributed by atoms with Crippen LogP contribution in [0.4, 0.5) is 0 Å². The highest BCUT2D eigenvalue weighted by molar-refractivity contribution is 7.17. The monoisotopic (exact) mass is 147 g/mol. The van der Waals surface area contributed by atoms with Crippen molar-refractivity contribution >= 4 is 21.4 Å². The molecule has 0 aliphatic rings. The zero-order valence-electron chi connectivity index (χ0n) is 5.50. The van der Waals surface area contributed by atoms with E-state index in [1.54, 1.807) is 11.3 Å². The topological polar surface area (TPSA) is 0 Å². The molecular weight excluding hydrogens is 140 g/mol. The summed E-state index contributed by atoms with van der Waals surface area (Å²) in [4.78, 5) is 0. The van der Waals surface area contributed by atoms with Crippen LogP contribution in [0, 0.1) is 6.92 Å². The van der Waals surface area contributed by atoms with Crippen LogP contribution in [0.3, 0.4) is 0 Å². The molecule has 10 heavy (non-hydrogen) atoms. The lowest BCUT2D eigenvalue weighted by Crippen LogP contribution is -1.68. The van der Waals surface area contributed by atoms with Gasteiger partial charge in [0.25, 0.3) is 0 Å². The Bertz CT molecular complexity index is 346. The van der Waals surface area contributed by atoms with Gasteiger partial charge in [0, 0.05) is 4.70 Å². The van der Waals surface area contributed by atoms with Crippen LogP contribution in [0.5, 0.6) is 0 Å². The normalized spacial score (nSPS) is 10.5. The summed E-state index contributed by atoms with van der Waals surface area (Å²) < 4.78 is 1.31. The second kappa shape index (κ2) is 2.10. The lowest BCUT2D eigenvalue weighted by Gasteiger charge is -1.91. The third-order valence-electron chi connectivity index (χ3n) is 1.56. The molecule has 0 spiro atoms. The van der Waals surface area contributed by atoms with Gasteiger partial charge in [0.2, 0.25) is 0 Å². The van der Waals surface area contributed by atoms with Crippen LogP contribution in [-0.2, 0) is 0 Å². The summed E-state index contributed by atoms with van der Waals surface area (Å²) in [6, 6.07) is 8.31. The van der Waals surface area contributed by atoms with E-state index in [0.29, 0.717) is 0 Å². The fraction of sp³-hybridized carbons (Fsp3) is 0. The summed E-state index contributed by atoms with van der Waals surface area (Å²) in [6.07, 6.45) is 0. The van der Waals surface area contributed by atoms with Crippen LogP contribution in [0.1, 0.15) is 5.56 Å². The van der Waals surface area contributed by atoms with Crippen LogP contribution in [0.15, 0.2) is 29.6 Å². The predicted molar refractivity (Wildman–Crippen MR) is 46.3 cm³/mol. The van der Waals surface area contributed by atoms with E-state index in [2.05, 4.69) is 24.4 Å². The van der Waals surface area contributed by atoms with Gasteiger partial charge in [-0.3, -0.25) is 0 Å². The second-order valence-corrected chi connectivity index (χ2v) is 3.17. The fourth-order valence-corrected chi connectivity index (χ4v) is 1.90. The van der Waals surface area contributed by atoms with Gasteiger partial charge < -0.3 is 0 Å². The Balaban J connectivity index is 2.95. The van der Waals surface area contributed by atoms with Crippen LogP contribution in [0.2, 0.25) is 0 Å². The molecule has 1 aromatic carbocycles. The Labute approximate surface area is 64.1 Å². The van der Waals surface area contributed by atoms with Gasteiger partial charge in [-0.15, -0.1) is 11.3 Å². The molecule has 0 unspecified atom stereocenters. The van der Waals surface area contributed by atoms with E-state index in [0.717, 1.165) is 5.56 Å².